The molecule has 1 aliphatic carbocycles. The van der Waals surface area contributed by atoms with Crippen LogP contribution in [-0.4, -0.2) is 21.4 Å². The first-order valence-corrected chi connectivity index (χ1v) is 7.80. The monoisotopic (exact) mass is 282 g/mol. The van der Waals surface area contributed by atoms with E-state index in [2.05, 4.69) is 40.1 Å². The van der Waals surface area contributed by atoms with E-state index in [1.165, 1.54) is 8.86 Å². The Balaban J connectivity index is 2.53. The summed E-state index contributed by atoms with van der Waals surface area (Å²) in [4.78, 5) is 0. The van der Waals surface area contributed by atoms with Crippen molar-refractivity contribution in [2.24, 2.45) is 11.3 Å². The molecule has 12 heavy (non-hydrogen) atoms. The van der Waals surface area contributed by atoms with E-state index in [1.54, 1.807) is 0 Å². The summed E-state index contributed by atoms with van der Waals surface area (Å²) < 4.78 is 2.92. The first-order valence-electron chi connectivity index (χ1n) is 4.75. The van der Waals surface area contributed by atoms with Gasteiger partial charge in [0.05, 0.1) is 0 Å². The maximum atomic E-state index is 3.48. The SMILES string of the molecule is CC[I-]CC1(C)[C@H](C)C1(C)NC. The Hall–Kier alpha value is 0.690. The average molecular weight is 282 g/mol. The van der Waals surface area contributed by atoms with Crippen LogP contribution < -0.4 is 26.5 Å². The number of halogens is 1. The molecule has 0 aromatic carbocycles. The van der Waals surface area contributed by atoms with Crippen molar-refractivity contribution in [1.29, 1.82) is 0 Å². The zero-order chi connectivity index (χ0) is 9.41. The molecule has 2 unspecified atom stereocenters. The standard InChI is InChI=1S/C10H21IN/c1-6-11-7-9(3)8(2)10(9,4)12-5/h8,12H,6-7H2,1-5H3/q-1/t8-,9?,10?/m0/s1. The average Bonchev–Trinajstić information content (AvgIpc) is 2.50. The van der Waals surface area contributed by atoms with Crippen LogP contribution in [0.5, 0.6) is 0 Å². The summed E-state index contributed by atoms with van der Waals surface area (Å²) >= 11 is 0.468. The molecular formula is C10H21IN-. The van der Waals surface area contributed by atoms with E-state index < -0.39 is 0 Å². The van der Waals surface area contributed by atoms with Crippen LogP contribution in [0.1, 0.15) is 27.7 Å². The molecule has 74 valence electrons. The minimum absolute atomic E-state index is 0.432. The molecule has 0 saturated heterocycles. The molecule has 0 aliphatic heterocycles. The zero-order valence-electron chi connectivity index (χ0n) is 8.87. The molecule has 1 fully saturated rings. The van der Waals surface area contributed by atoms with Gasteiger partial charge in [-0.3, -0.25) is 0 Å². The molecule has 0 radical (unpaired) electrons. The van der Waals surface area contributed by atoms with Gasteiger partial charge in [-0.25, -0.2) is 0 Å². The van der Waals surface area contributed by atoms with Gasteiger partial charge in [0.25, 0.3) is 0 Å². The second-order valence-electron chi connectivity index (χ2n) is 4.18. The fourth-order valence-corrected chi connectivity index (χ4v) is 5.31. The van der Waals surface area contributed by atoms with Crippen molar-refractivity contribution in [3.8, 4) is 0 Å². The molecule has 3 atom stereocenters. The second-order valence-corrected chi connectivity index (χ2v) is 7.55. The molecule has 1 nitrogen and oxygen atoms in total. The Morgan fingerprint density at radius 2 is 2.00 bits per heavy atom. The molecule has 1 N–H and O–H groups in total. The third-order valence-corrected chi connectivity index (χ3v) is 7.21. The molecule has 0 heterocycles. The van der Waals surface area contributed by atoms with E-state index in [9.17, 15) is 0 Å². The van der Waals surface area contributed by atoms with E-state index in [0.29, 0.717) is 32.2 Å². The van der Waals surface area contributed by atoms with Crippen molar-refractivity contribution in [3.05, 3.63) is 0 Å². The Bertz CT molecular complexity index is 171. The van der Waals surface area contributed by atoms with Crippen LogP contribution in [0.15, 0.2) is 0 Å². The van der Waals surface area contributed by atoms with Crippen LogP contribution in [-0.2, 0) is 0 Å². The Morgan fingerprint density at radius 3 is 2.33 bits per heavy atom. The number of rotatable bonds is 4. The molecule has 1 rings (SSSR count). The van der Waals surface area contributed by atoms with E-state index in [0.717, 1.165) is 5.92 Å². The topological polar surface area (TPSA) is 12.0 Å². The third-order valence-electron chi connectivity index (χ3n) is 4.01. The van der Waals surface area contributed by atoms with Gasteiger partial charge >= 0.3 is 87.0 Å². The Labute approximate surface area is 87.0 Å². The predicted octanol–water partition coefficient (Wildman–Crippen LogP) is -1.27. The molecule has 1 saturated carbocycles. The summed E-state index contributed by atoms with van der Waals surface area (Å²) in [5, 5.41) is 3.48. The summed E-state index contributed by atoms with van der Waals surface area (Å²) in [6.45, 7) is 9.52. The van der Waals surface area contributed by atoms with Crippen molar-refractivity contribution in [2.45, 2.75) is 33.2 Å². The van der Waals surface area contributed by atoms with Gasteiger partial charge in [0, 0.05) is 0 Å². The summed E-state index contributed by atoms with van der Waals surface area (Å²) in [5.41, 5.74) is 1.03. The third kappa shape index (κ3) is 1.31. The van der Waals surface area contributed by atoms with Gasteiger partial charge in [-0.05, 0) is 0 Å². The summed E-state index contributed by atoms with van der Waals surface area (Å²) in [5.74, 6) is 0.862. The van der Waals surface area contributed by atoms with Crippen molar-refractivity contribution in [2.75, 3.05) is 15.9 Å². The zero-order valence-corrected chi connectivity index (χ0v) is 11.0. The van der Waals surface area contributed by atoms with E-state index in [-0.39, 0.29) is 0 Å². The first kappa shape index (κ1) is 10.8. The van der Waals surface area contributed by atoms with Crippen LogP contribution in [0.3, 0.4) is 0 Å². The van der Waals surface area contributed by atoms with Crippen molar-refractivity contribution < 1.29 is 21.2 Å². The van der Waals surface area contributed by atoms with Gasteiger partial charge in [-0.1, -0.05) is 0 Å². The van der Waals surface area contributed by atoms with E-state index in [1.807, 2.05) is 0 Å². The number of alkyl halides is 2. The molecule has 0 amide bonds. The summed E-state index contributed by atoms with van der Waals surface area (Å²) in [6.07, 6.45) is 0. The molecule has 1 aliphatic rings. The number of hydrogen-bond donors (Lipinski definition) is 1. The van der Waals surface area contributed by atoms with Gasteiger partial charge < -0.3 is 0 Å². The van der Waals surface area contributed by atoms with Crippen LogP contribution in [0.2, 0.25) is 0 Å². The first-order chi connectivity index (χ1) is 5.53. The molecule has 2 heteroatoms. The summed E-state index contributed by atoms with van der Waals surface area (Å²) in [7, 11) is 2.10. The van der Waals surface area contributed by atoms with Crippen LogP contribution in [0.4, 0.5) is 0 Å². The molecular weight excluding hydrogens is 261 g/mol. The van der Waals surface area contributed by atoms with Crippen LogP contribution in [0.25, 0.3) is 0 Å². The van der Waals surface area contributed by atoms with Crippen molar-refractivity contribution in [1.82, 2.24) is 5.32 Å². The Morgan fingerprint density at radius 1 is 1.42 bits per heavy atom. The molecule has 0 aromatic rings. The van der Waals surface area contributed by atoms with Crippen molar-refractivity contribution in [3.63, 3.8) is 0 Å². The Kier molecular flexibility index (Phi) is 3.09. The number of nitrogens with one attached hydrogen (secondary N) is 1. The van der Waals surface area contributed by atoms with Gasteiger partial charge in [0.1, 0.15) is 0 Å². The van der Waals surface area contributed by atoms with Crippen LogP contribution >= 0.6 is 0 Å². The normalized spacial score (nSPS) is 46.6. The number of hydrogen-bond acceptors (Lipinski definition) is 1. The van der Waals surface area contributed by atoms with Gasteiger partial charge in [0.2, 0.25) is 0 Å². The molecule has 0 bridgehead atoms. The fourth-order valence-electron chi connectivity index (χ4n) is 2.19. The van der Waals surface area contributed by atoms with Gasteiger partial charge in [-0.2, -0.15) is 0 Å². The second kappa shape index (κ2) is 3.45. The predicted molar refractivity (Wildman–Crippen MR) is 50.1 cm³/mol. The molecule has 0 aromatic heterocycles. The van der Waals surface area contributed by atoms with E-state index in [4.69, 9.17) is 0 Å². The van der Waals surface area contributed by atoms with Gasteiger partial charge in [0.15, 0.2) is 0 Å². The fraction of sp³-hybridized carbons (Fsp3) is 1.00. The quantitative estimate of drug-likeness (QED) is 0.501. The van der Waals surface area contributed by atoms with Crippen molar-refractivity contribution >= 4 is 0 Å². The summed E-state index contributed by atoms with van der Waals surface area (Å²) in [6, 6.07) is 0. The van der Waals surface area contributed by atoms with Crippen LogP contribution in [0, 0.1) is 11.3 Å². The molecule has 0 spiro atoms. The maximum absolute atomic E-state index is 3.48. The minimum atomic E-state index is 0.432. The van der Waals surface area contributed by atoms with Gasteiger partial charge in [-0.15, -0.1) is 0 Å². The van der Waals surface area contributed by atoms with E-state index >= 15 is 0 Å².